The van der Waals surface area contributed by atoms with Gasteiger partial charge in [0.1, 0.15) is 6.10 Å². The fraction of sp³-hybridized carbons (Fsp3) is 0.381. The Morgan fingerprint density at radius 3 is 2.63 bits per heavy atom. The molecule has 2 N–H and O–H groups in total. The number of carbonyl (C=O) groups is 2. The molecule has 6 nitrogen and oxygen atoms in total. The van der Waals surface area contributed by atoms with Gasteiger partial charge in [0, 0.05) is 37.3 Å². The minimum absolute atomic E-state index is 0.113. The molecule has 0 unspecified atom stereocenters. The lowest BCUT2D eigenvalue weighted by Crippen LogP contribution is -2.30. The molecule has 1 saturated carbocycles. The van der Waals surface area contributed by atoms with Crippen molar-refractivity contribution in [3.63, 3.8) is 0 Å². The number of aromatic nitrogens is 1. The van der Waals surface area contributed by atoms with Crippen molar-refractivity contribution < 1.29 is 14.3 Å². The normalized spacial score (nSPS) is 13.9. The lowest BCUT2D eigenvalue weighted by molar-refractivity contribution is -0.121. The van der Waals surface area contributed by atoms with E-state index in [9.17, 15) is 9.59 Å². The number of benzene rings is 1. The number of ether oxygens (including phenoxy) is 1. The van der Waals surface area contributed by atoms with Crippen LogP contribution >= 0.6 is 0 Å². The summed E-state index contributed by atoms with van der Waals surface area (Å²) in [6, 6.07) is 12.7. The maximum absolute atomic E-state index is 12.0. The monoisotopic (exact) mass is 367 g/mol. The van der Waals surface area contributed by atoms with Crippen molar-refractivity contribution in [3.8, 4) is 5.88 Å². The quantitative estimate of drug-likeness (QED) is 0.752. The molecular formula is C21H25N3O3. The predicted octanol–water partition coefficient (Wildman–Crippen LogP) is 2.84. The van der Waals surface area contributed by atoms with Crippen LogP contribution in [0.3, 0.4) is 0 Å². The molecule has 0 radical (unpaired) electrons. The van der Waals surface area contributed by atoms with Gasteiger partial charge in [-0.05, 0) is 49.4 Å². The van der Waals surface area contributed by atoms with E-state index < -0.39 is 0 Å². The van der Waals surface area contributed by atoms with E-state index in [1.807, 2.05) is 18.2 Å². The van der Waals surface area contributed by atoms with Crippen molar-refractivity contribution in [3.05, 3.63) is 59.8 Å². The van der Waals surface area contributed by atoms with Crippen LogP contribution in [0.2, 0.25) is 0 Å². The van der Waals surface area contributed by atoms with Crippen molar-refractivity contribution in [2.24, 2.45) is 0 Å². The minimum atomic E-state index is -0.175. The molecule has 1 aromatic carbocycles. The molecule has 6 heteroatoms. The smallest absolute Gasteiger partial charge is 0.251 e. The Morgan fingerprint density at radius 1 is 1.07 bits per heavy atom. The first-order valence-electron chi connectivity index (χ1n) is 9.42. The first-order valence-corrected chi connectivity index (χ1v) is 9.42. The fourth-order valence-corrected chi connectivity index (χ4v) is 3.07. The molecule has 0 saturated heterocycles. The Hall–Kier alpha value is -2.89. The third-order valence-electron chi connectivity index (χ3n) is 4.55. The molecule has 1 heterocycles. The summed E-state index contributed by atoms with van der Waals surface area (Å²) in [5, 5.41) is 5.61. The van der Waals surface area contributed by atoms with E-state index in [0.29, 0.717) is 24.5 Å². The largest absolute Gasteiger partial charge is 0.474 e. The summed E-state index contributed by atoms with van der Waals surface area (Å²) < 4.78 is 5.88. The second-order valence-corrected chi connectivity index (χ2v) is 6.68. The zero-order valence-electron chi connectivity index (χ0n) is 15.3. The number of hydrogen-bond donors (Lipinski definition) is 2. The maximum Gasteiger partial charge on any atom is 0.251 e. The SMILES string of the molecule is O=C(CCNC(=O)c1ccccc1)NCc1ccnc(OC2CCCC2)c1. The predicted molar refractivity (Wildman–Crippen MR) is 102 cm³/mol. The summed E-state index contributed by atoms with van der Waals surface area (Å²) in [6.45, 7) is 0.709. The van der Waals surface area contributed by atoms with Crippen LogP contribution in [0.25, 0.3) is 0 Å². The Kier molecular flexibility index (Phi) is 6.79. The van der Waals surface area contributed by atoms with Crippen LogP contribution in [0.5, 0.6) is 5.88 Å². The van der Waals surface area contributed by atoms with E-state index in [-0.39, 0.29) is 24.3 Å². The standard InChI is InChI=1S/C21H25N3O3/c25-19(11-13-23-21(26)17-6-2-1-3-7-17)24-15-16-10-12-22-20(14-16)27-18-8-4-5-9-18/h1-3,6-7,10,12,14,18H,4-5,8-9,11,13,15H2,(H,23,26)(H,24,25). The van der Waals surface area contributed by atoms with Crippen LogP contribution < -0.4 is 15.4 Å². The number of pyridine rings is 1. The Balaban J connectivity index is 1.38. The fourth-order valence-electron chi connectivity index (χ4n) is 3.07. The van der Waals surface area contributed by atoms with Crippen molar-refractivity contribution in [1.29, 1.82) is 0 Å². The maximum atomic E-state index is 12.0. The van der Waals surface area contributed by atoms with Crippen LogP contribution in [0.1, 0.15) is 48.0 Å². The minimum Gasteiger partial charge on any atom is -0.474 e. The molecule has 2 amide bonds. The Morgan fingerprint density at radius 2 is 1.85 bits per heavy atom. The van der Waals surface area contributed by atoms with Gasteiger partial charge < -0.3 is 15.4 Å². The average molecular weight is 367 g/mol. The summed E-state index contributed by atoms with van der Waals surface area (Å²) in [4.78, 5) is 28.2. The molecule has 1 aliphatic carbocycles. The van der Waals surface area contributed by atoms with Gasteiger partial charge >= 0.3 is 0 Å². The van der Waals surface area contributed by atoms with E-state index in [0.717, 1.165) is 18.4 Å². The number of nitrogens with one attached hydrogen (secondary N) is 2. The van der Waals surface area contributed by atoms with E-state index >= 15 is 0 Å². The van der Waals surface area contributed by atoms with E-state index in [1.165, 1.54) is 12.8 Å². The van der Waals surface area contributed by atoms with Crippen LogP contribution in [0, 0.1) is 0 Å². The topological polar surface area (TPSA) is 80.3 Å². The molecule has 0 spiro atoms. The first-order chi connectivity index (χ1) is 13.2. The highest BCUT2D eigenvalue weighted by atomic mass is 16.5. The molecule has 142 valence electrons. The second kappa shape index (κ2) is 9.71. The van der Waals surface area contributed by atoms with Gasteiger partial charge in [-0.3, -0.25) is 9.59 Å². The first kappa shape index (κ1) is 18.9. The number of carbonyl (C=O) groups excluding carboxylic acids is 2. The third-order valence-corrected chi connectivity index (χ3v) is 4.55. The van der Waals surface area contributed by atoms with Crippen molar-refractivity contribution >= 4 is 11.8 Å². The summed E-state index contributed by atoms with van der Waals surface area (Å²) in [5.41, 5.74) is 1.53. The molecule has 0 bridgehead atoms. The lowest BCUT2D eigenvalue weighted by atomic mass is 10.2. The number of hydrogen-bond acceptors (Lipinski definition) is 4. The summed E-state index contributed by atoms with van der Waals surface area (Å²) >= 11 is 0. The van der Waals surface area contributed by atoms with Gasteiger partial charge in [-0.2, -0.15) is 0 Å². The zero-order chi connectivity index (χ0) is 18.9. The van der Waals surface area contributed by atoms with E-state index in [4.69, 9.17) is 4.74 Å². The van der Waals surface area contributed by atoms with Crippen LogP contribution in [0.4, 0.5) is 0 Å². The summed E-state index contributed by atoms with van der Waals surface area (Å²) in [7, 11) is 0. The number of rotatable bonds is 8. The highest BCUT2D eigenvalue weighted by molar-refractivity contribution is 5.94. The highest BCUT2D eigenvalue weighted by Gasteiger charge is 2.17. The summed E-state index contributed by atoms with van der Waals surface area (Å²) in [6.07, 6.45) is 6.77. The Bertz CT molecular complexity index is 758. The highest BCUT2D eigenvalue weighted by Crippen LogP contribution is 2.23. The molecule has 2 aromatic rings. The molecule has 0 atom stereocenters. The van der Waals surface area contributed by atoms with Gasteiger partial charge in [-0.25, -0.2) is 4.98 Å². The molecular weight excluding hydrogens is 342 g/mol. The Labute approximate surface area is 159 Å². The molecule has 3 rings (SSSR count). The van der Waals surface area contributed by atoms with Crippen molar-refractivity contribution in [2.45, 2.75) is 44.8 Å². The van der Waals surface area contributed by atoms with Crippen LogP contribution in [-0.2, 0) is 11.3 Å². The van der Waals surface area contributed by atoms with Crippen LogP contribution in [0.15, 0.2) is 48.7 Å². The van der Waals surface area contributed by atoms with Gasteiger partial charge in [0.25, 0.3) is 5.91 Å². The molecule has 1 aliphatic rings. The second-order valence-electron chi connectivity index (χ2n) is 6.68. The molecule has 1 fully saturated rings. The van der Waals surface area contributed by atoms with E-state index in [1.54, 1.807) is 30.5 Å². The van der Waals surface area contributed by atoms with Crippen molar-refractivity contribution in [2.75, 3.05) is 6.54 Å². The van der Waals surface area contributed by atoms with Gasteiger partial charge in [0.2, 0.25) is 11.8 Å². The van der Waals surface area contributed by atoms with Gasteiger partial charge in [0.05, 0.1) is 0 Å². The van der Waals surface area contributed by atoms with Crippen LogP contribution in [-0.4, -0.2) is 29.4 Å². The van der Waals surface area contributed by atoms with Gasteiger partial charge in [-0.15, -0.1) is 0 Å². The number of amides is 2. The summed E-state index contributed by atoms with van der Waals surface area (Å²) in [5.74, 6) is 0.327. The molecule has 27 heavy (non-hydrogen) atoms. The average Bonchev–Trinajstić information content (AvgIpc) is 3.20. The van der Waals surface area contributed by atoms with Crippen molar-refractivity contribution in [1.82, 2.24) is 15.6 Å². The lowest BCUT2D eigenvalue weighted by Gasteiger charge is -2.13. The molecule has 1 aromatic heterocycles. The molecule has 0 aliphatic heterocycles. The van der Waals surface area contributed by atoms with Gasteiger partial charge in [0.15, 0.2) is 0 Å². The number of nitrogens with zero attached hydrogens (tertiary/aromatic N) is 1. The van der Waals surface area contributed by atoms with Gasteiger partial charge in [-0.1, -0.05) is 18.2 Å². The van der Waals surface area contributed by atoms with E-state index in [2.05, 4.69) is 15.6 Å². The zero-order valence-corrected chi connectivity index (χ0v) is 15.3. The third kappa shape index (κ3) is 6.09.